The normalized spacial score (nSPS) is 15.9. The van der Waals surface area contributed by atoms with Crippen LogP contribution in [0, 0.1) is 0 Å². The standard InChI is InChI=1S/C25H29N5O4/c1-15(2)34-14-22-19-10-20(23(31)11-21(19)27-28-22)25(33)30-12-17-4-3-16(9-18(17)13-30)24(32)29-7-5-26-6-8-29/h3-4,9-11,15,26,31H,5-8,12-14H2,1-2H3,(H,27,28). The Morgan fingerprint density at radius 2 is 1.82 bits per heavy atom. The molecule has 0 unspecified atom stereocenters. The van der Waals surface area contributed by atoms with Crippen molar-refractivity contribution < 1.29 is 19.4 Å². The molecule has 9 heteroatoms. The third kappa shape index (κ3) is 4.24. The predicted molar refractivity (Wildman–Crippen MR) is 126 cm³/mol. The number of carbonyl (C=O) groups is 2. The SMILES string of the molecule is CC(C)OCc1[nH]nc2cc(O)c(C(=O)N3Cc4ccc(C(=O)N5CCNCC5)cc4C3)cc12. The largest absolute Gasteiger partial charge is 0.507 e. The van der Waals surface area contributed by atoms with Crippen LogP contribution in [-0.2, 0) is 24.4 Å². The molecule has 2 aromatic carbocycles. The second-order valence-corrected chi connectivity index (χ2v) is 9.14. The fourth-order valence-electron chi connectivity index (χ4n) is 4.52. The van der Waals surface area contributed by atoms with Crippen LogP contribution in [0.4, 0.5) is 0 Å². The lowest BCUT2D eigenvalue weighted by Crippen LogP contribution is -2.46. The lowest BCUT2D eigenvalue weighted by atomic mass is 10.1. The molecule has 0 aliphatic carbocycles. The summed E-state index contributed by atoms with van der Waals surface area (Å²) in [5, 5.41) is 21.7. The molecular formula is C25H29N5O4. The summed E-state index contributed by atoms with van der Waals surface area (Å²) in [5.41, 5.74) is 4.19. The van der Waals surface area contributed by atoms with Crippen LogP contribution in [0.25, 0.3) is 10.9 Å². The van der Waals surface area contributed by atoms with Gasteiger partial charge in [-0.05, 0) is 43.2 Å². The second kappa shape index (κ2) is 9.08. The van der Waals surface area contributed by atoms with Gasteiger partial charge in [0.2, 0.25) is 0 Å². The molecule has 2 amide bonds. The van der Waals surface area contributed by atoms with Crippen molar-refractivity contribution in [2.75, 3.05) is 26.2 Å². The number of ether oxygens (including phenoxy) is 1. The molecule has 3 N–H and O–H groups in total. The van der Waals surface area contributed by atoms with Crippen molar-refractivity contribution >= 4 is 22.7 Å². The first-order valence-electron chi connectivity index (χ1n) is 11.6. The average molecular weight is 464 g/mol. The van der Waals surface area contributed by atoms with Crippen molar-refractivity contribution in [1.29, 1.82) is 0 Å². The van der Waals surface area contributed by atoms with Gasteiger partial charge in [-0.3, -0.25) is 14.7 Å². The number of carbonyl (C=O) groups excluding carboxylic acids is 2. The summed E-state index contributed by atoms with van der Waals surface area (Å²) < 4.78 is 5.68. The zero-order chi connectivity index (χ0) is 23.8. The smallest absolute Gasteiger partial charge is 0.258 e. The number of aromatic hydroxyl groups is 1. The van der Waals surface area contributed by atoms with Gasteiger partial charge in [0.15, 0.2) is 0 Å². The second-order valence-electron chi connectivity index (χ2n) is 9.14. The van der Waals surface area contributed by atoms with Gasteiger partial charge in [0.05, 0.1) is 29.5 Å². The number of hydrogen-bond donors (Lipinski definition) is 3. The van der Waals surface area contributed by atoms with E-state index >= 15 is 0 Å². The molecule has 34 heavy (non-hydrogen) atoms. The number of fused-ring (bicyclic) bond motifs is 2. The van der Waals surface area contributed by atoms with Gasteiger partial charge in [-0.25, -0.2) is 0 Å². The van der Waals surface area contributed by atoms with Crippen LogP contribution in [0.2, 0.25) is 0 Å². The molecule has 178 valence electrons. The van der Waals surface area contributed by atoms with E-state index in [4.69, 9.17) is 4.74 Å². The van der Waals surface area contributed by atoms with Gasteiger partial charge in [0.25, 0.3) is 11.8 Å². The molecule has 3 heterocycles. The first kappa shape index (κ1) is 22.4. The maximum absolute atomic E-state index is 13.4. The minimum Gasteiger partial charge on any atom is -0.507 e. The molecule has 1 fully saturated rings. The molecule has 3 aromatic rings. The number of benzene rings is 2. The lowest BCUT2D eigenvalue weighted by molar-refractivity contribution is 0.0642. The highest BCUT2D eigenvalue weighted by Crippen LogP contribution is 2.31. The van der Waals surface area contributed by atoms with Crippen LogP contribution in [0.1, 0.15) is 51.4 Å². The fraction of sp³-hybridized carbons (Fsp3) is 0.400. The van der Waals surface area contributed by atoms with Crippen molar-refractivity contribution in [2.45, 2.75) is 39.6 Å². The zero-order valence-corrected chi connectivity index (χ0v) is 19.4. The molecule has 0 saturated carbocycles. The van der Waals surface area contributed by atoms with Crippen molar-refractivity contribution in [3.8, 4) is 5.75 Å². The highest BCUT2D eigenvalue weighted by atomic mass is 16.5. The van der Waals surface area contributed by atoms with E-state index in [-0.39, 0.29) is 29.2 Å². The monoisotopic (exact) mass is 463 g/mol. The van der Waals surface area contributed by atoms with Crippen LogP contribution in [0.3, 0.4) is 0 Å². The number of aromatic nitrogens is 2. The summed E-state index contributed by atoms with van der Waals surface area (Å²) in [4.78, 5) is 29.8. The minimum absolute atomic E-state index is 0.0216. The maximum atomic E-state index is 13.4. The average Bonchev–Trinajstić information content (AvgIpc) is 3.45. The highest BCUT2D eigenvalue weighted by molar-refractivity contribution is 6.01. The van der Waals surface area contributed by atoms with E-state index in [9.17, 15) is 14.7 Å². The van der Waals surface area contributed by atoms with Crippen molar-refractivity contribution in [3.05, 3.63) is 58.3 Å². The highest BCUT2D eigenvalue weighted by Gasteiger charge is 2.28. The van der Waals surface area contributed by atoms with E-state index in [2.05, 4.69) is 15.5 Å². The predicted octanol–water partition coefficient (Wildman–Crippen LogP) is 2.39. The van der Waals surface area contributed by atoms with Crippen LogP contribution >= 0.6 is 0 Å². The van der Waals surface area contributed by atoms with Crippen LogP contribution < -0.4 is 5.32 Å². The van der Waals surface area contributed by atoms with E-state index in [0.717, 1.165) is 35.3 Å². The Morgan fingerprint density at radius 1 is 1.06 bits per heavy atom. The van der Waals surface area contributed by atoms with Crippen LogP contribution in [0.15, 0.2) is 30.3 Å². The number of rotatable bonds is 5. The molecule has 2 aliphatic rings. The Morgan fingerprint density at radius 3 is 2.59 bits per heavy atom. The number of amides is 2. The zero-order valence-electron chi connectivity index (χ0n) is 19.4. The summed E-state index contributed by atoms with van der Waals surface area (Å²) in [6.45, 7) is 8.06. The lowest BCUT2D eigenvalue weighted by Gasteiger charge is -2.27. The van der Waals surface area contributed by atoms with Crippen LogP contribution in [0.5, 0.6) is 5.75 Å². The Balaban J connectivity index is 1.35. The molecule has 0 spiro atoms. The van der Waals surface area contributed by atoms with E-state index < -0.39 is 0 Å². The number of phenolic OH excluding ortho intramolecular Hbond substituents is 1. The summed E-state index contributed by atoms with van der Waals surface area (Å²) >= 11 is 0. The fourth-order valence-corrected chi connectivity index (χ4v) is 4.52. The Hall–Kier alpha value is -3.43. The van der Waals surface area contributed by atoms with E-state index in [1.54, 1.807) is 11.0 Å². The van der Waals surface area contributed by atoms with E-state index in [1.807, 2.05) is 36.9 Å². The molecule has 0 radical (unpaired) electrons. The van der Waals surface area contributed by atoms with Gasteiger partial charge < -0.3 is 25.0 Å². The summed E-state index contributed by atoms with van der Waals surface area (Å²) in [6, 6.07) is 8.85. The van der Waals surface area contributed by atoms with Crippen molar-refractivity contribution in [3.63, 3.8) is 0 Å². The Kier molecular flexibility index (Phi) is 5.97. The van der Waals surface area contributed by atoms with Crippen molar-refractivity contribution in [1.82, 2.24) is 25.3 Å². The van der Waals surface area contributed by atoms with Gasteiger partial charge in [-0.1, -0.05) is 6.07 Å². The van der Waals surface area contributed by atoms with Crippen molar-refractivity contribution in [2.24, 2.45) is 0 Å². The van der Waals surface area contributed by atoms with Gasteiger partial charge >= 0.3 is 0 Å². The molecule has 1 saturated heterocycles. The number of piperazine rings is 1. The maximum Gasteiger partial charge on any atom is 0.258 e. The van der Waals surface area contributed by atoms with E-state index in [0.29, 0.717) is 43.9 Å². The molecule has 1 aromatic heterocycles. The molecular weight excluding hydrogens is 434 g/mol. The first-order valence-corrected chi connectivity index (χ1v) is 11.6. The third-order valence-electron chi connectivity index (χ3n) is 6.41. The van der Waals surface area contributed by atoms with Crippen LogP contribution in [-0.4, -0.2) is 69.2 Å². The summed E-state index contributed by atoms with van der Waals surface area (Å²) in [7, 11) is 0. The third-order valence-corrected chi connectivity index (χ3v) is 6.41. The molecule has 2 aliphatic heterocycles. The number of H-pyrrole nitrogens is 1. The number of phenols is 1. The summed E-state index contributed by atoms with van der Waals surface area (Å²) in [5.74, 6) is -0.346. The van der Waals surface area contributed by atoms with Gasteiger partial charge in [-0.15, -0.1) is 0 Å². The minimum atomic E-state index is -0.262. The molecule has 0 atom stereocenters. The number of nitrogens with zero attached hydrogens (tertiary/aromatic N) is 3. The quantitative estimate of drug-likeness (QED) is 0.536. The molecule has 9 nitrogen and oxygen atoms in total. The Bertz CT molecular complexity index is 1250. The number of aromatic amines is 1. The first-order chi connectivity index (χ1) is 16.4. The number of hydrogen-bond acceptors (Lipinski definition) is 6. The topological polar surface area (TPSA) is 111 Å². The van der Waals surface area contributed by atoms with Gasteiger partial charge in [-0.2, -0.15) is 5.10 Å². The van der Waals surface area contributed by atoms with Gasteiger partial charge in [0.1, 0.15) is 5.75 Å². The van der Waals surface area contributed by atoms with Gasteiger partial charge in [0, 0.05) is 56.3 Å². The summed E-state index contributed by atoms with van der Waals surface area (Å²) in [6.07, 6.45) is 0.0584. The molecule has 5 rings (SSSR count). The Labute approximate surface area is 197 Å². The number of nitrogens with one attached hydrogen (secondary N) is 2. The molecule has 0 bridgehead atoms. The van der Waals surface area contributed by atoms with E-state index in [1.165, 1.54) is 6.07 Å².